The van der Waals surface area contributed by atoms with Gasteiger partial charge in [-0.3, -0.25) is 18.1 Å². The fourth-order valence-corrected chi connectivity index (χ4v) is 4.99. The Bertz CT molecular complexity index is 594. The van der Waals surface area contributed by atoms with Gasteiger partial charge in [-0.2, -0.15) is 4.31 Å². The van der Waals surface area contributed by atoms with Gasteiger partial charge in [0.1, 0.15) is 0 Å². The third kappa shape index (κ3) is 15.1. The van der Waals surface area contributed by atoms with E-state index >= 15 is 0 Å². The molecule has 0 saturated heterocycles. The standard InChI is InChI=1S/C20H28O7P2/c1-5-9-13-17-23-28(21,24-18-14-10-6-2)27-29(22,25-19-15-11-7-3)26-20-16-12-8-4/h1-4H,9-20H2. The average Bonchev–Trinajstić information content (AvgIpc) is 2.70. The summed E-state index contributed by atoms with van der Waals surface area (Å²) in [5.74, 6) is 9.73. The molecule has 0 fully saturated rings. The van der Waals surface area contributed by atoms with Crippen LogP contribution < -0.4 is 0 Å². The predicted molar refractivity (Wildman–Crippen MR) is 112 cm³/mol. The van der Waals surface area contributed by atoms with E-state index < -0.39 is 15.6 Å². The van der Waals surface area contributed by atoms with E-state index in [0.717, 1.165) is 0 Å². The first-order valence-corrected chi connectivity index (χ1v) is 12.1. The van der Waals surface area contributed by atoms with Crippen molar-refractivity contribution in [2.24, 2.45) is 0 Å². The Labute approximate surface area is 174 Å². The molecule has 0 aliphatic rings. The van der Waals surface area contributed by atoms with Crippen molar-refractivity contribution in [3.05, 3.63) is 0 Å². The largest absolute Gasteiger partial charge is 0.483 e. The third-order valence-electron chi connectivity index (χ3n) is 3.06. The molecule has 0 N–H and O–H groups in total. The molecule has 0 aliphatic heterocycles. The Morgan fingerprint density at radius 3 is 0.966 bits per heavy atom. The van der Waals surface area contributed by atoms with Gasteiger partial charge in [0.2, 0.25) is 0 Å². The van der Waals surface area contributed by atoms with Crippen molar-refractivity contribution in [1.82, 2.24) is 0 Å². The Balaban J connectivity index is 5.12. The van der Waals surface area contributed by atoms with Crippen molar-refractivity contribution in [2.45, 2.75) is 51.4 Å². The zero-order valence-corrected chi connectivity index (χ0v) is 18.3. The predicted octanol–water partition coefficient (Wildman–Crippen LogP) is 4.94. The van der Waals surface area contributed by atoms with Gasteiger partial charge in [0, 0.05) is 25.7 Å². The van der Waals surface area contributed by atoms with Crippen molar-refractivity contribution >= 4 is 15.6 Å². The molecule has 0 spiro atoms. The van der Waals surface area contributed by atoms with E-state index in [1.807, 2.05) is 0 Å². The molecule has 0 atom stereocenters. The second-order valence-electron chi connectivity index (χ2n) is 5.54. The van der Waals surface area contributed by atoms with Gasteiger partial charge in [0.05, 0.1) is 26.4 Å². The van der Waals surface area contributed by atoms with Gasteiger partial charge in [-0.25, -0.2) is 9.13 Å². The first-order valence-electron chi connectivity index (χ1n) is 9.18. The topological polar surface area (TPSA) is 80.3 Å². The molecule has 0 rings (SSSR count). The lowest BCUT2D eigenvalue weighted by Gasteiger charge is -2.23. The van der Waals surface area contributed by atoms with Crippen LogP contribution in [0.5, 0.6) is 0 Å². The lowest BCUT2D eigenvalue weighted by molar-refractivity contribution is 0.107. The molecule has 160 valence electrons. The molecule has 9 heteroatoms. The fourth-order valence-electron chi connectivity index (χ4n) is 1.69. The lowest BCUT2D eigenvalue weighted by atomic mass is 10.3. The molecule has 0 aliphatic carbocycles. The van der Waals surface area contributed by atoms with Gasteiger partial charge in [-0.1, -0.05) is 0 Å². The molecule has 0 bridgehead atoms. The van der Waals surface area contributed by atoms with E-state index in [9.17, 15) is 9.13 Å². The van der Waals surface area contributed by atoms with E-state index in [1.165, 1.54) is 0 Å². The molecule has 0 amide bonds. The summed E-state index contributed by atoms with van der Waals surface area (Å²) in [5, 5.41) is 0. The molecule has 0 unspecified atom stereocenters. The van der Waals surface area contributed by atoms with Crippen molar-refractivity contribution in [3.8, 4) is 49.4 Å². The van der Waals surface area contributed by atoms with Crippen LogP contribution in [0.15, 0.2) is 0 Å². The van der Waals surface area contributed by atoms with E-state index in [2.05, 4.69) is 23.7 Å². The van der Waals surface area contributed by atoms with Crippen molar-refractivity contribution in [1.29, 1.82) is 0 Å². The minimum absolute atomic E-state index is 0.0230. The summed E-state index contributed by atoms with van der Waals surface area (Å²) in [6, 6.07) is 0. The Morgan fingerprint density at radius 2 is 0.759 bits per heavy atom. The fraction of sp³-hybridized carbons (Fsp3) is 0.600. The maximum Gasteiger partial charge on any atom is 0.483 e. The summed E-state index contributed by atoms with van der Waals surface area (Å²) in [5.41, 5.74) is 0. The quantitative estimate of drug-likeness (QED) is 0.169. The number of terminal acetylenes is 4. The number of phosphoric acid groups is 2. The molecular weight excluding hydrogens is 414 g/mol. The maximum atomic E-state index is 13.0. The summed E-state index contributed by atoms with van der Waals surface area (Å²) in [6.45, 7) is -0.0920. The van der Waals surface area contributed by atoms with E-state index in [1.54, 1.807) is 0 Å². The zero-order valence-electron chi connectivity index (χ0n) is 16.5. The summed E-state index contributed by atoms with van der Waals surface area (Å²) < 4.78 is 52.0. The van der Waals surface area contributed by atoms with Crippen molar-refractivity contribution in [3.63, 3.8) is 0 Å². The molecular formula is C20H28O7P2. The lowest BCUT2D eigenvalue weighted by Crippen LogP contribution is -2.07. The SMILES string of the molecule is C#CCCCOP(=O)(OCCCC#C)OP(=O)(OCCCC#C)OCCCC#C. The highest BCUT2D eigenvalue weighted by Crippen LogP contribution is 2.66. The Morgan fingerprint density at radius 1 is 0.517 bits per heavy atom. The van der Waals surface area contributed by atoms with E-state index in [-0.39, 0.29) is 26.4 Å². The first-order chi connectivity index (χ1) is 13.9. The minimum atomic E-state index is -4.26. The molecule has 29 heavy (non-hydrogen) atoms. The summed E-state index contributed by atoms with van der Waals surface area (Å²) >= 11 is 0. The van der Waals surface area contributed by atoms with Gasteiger partial charge >= 0.3 is 15.6 Å². The van der Waals surface area contributed by atoms with Crippen LogP contribution in [0.1, 0.15) is 51.4 Å². The highest BCUT2D eigenvalue weighted by molar-refractivity contribution is 7.62. The second kappa shape index (κ2) is 17.4. The van der Waals surface area contributed by atoms with Crippen LogP contribution in [-0.4, -0.2) is 26.4 Å². The Kier molecular flexibility index (Phi) is 16.5. The number of hydrogen-bond acceptors (Lipinski definition) is 7. The van der Waals surface area contributed by atoms with Gasteiger partial charge in [-0.05, 0) is 25.7 Å². The van der Waals surface area contributed by atoms with Crippen LogP contribution in [-0.2, 0) is 31.5 Å². The highest BCUT2D eigenvalue weighted by atomic mass is 31.3. The smallest absolute Gasteiger partial charge is 0.287 e. The van der Waals surface area contributed by atoms with Crippen LogP contribution >= 0.6 is 15.6 Å². The second-order valence-corrected chi connectivity index (χ2v) is 9.01. The zero-order chi connectivity index (χ0) is 21.8. The molecule has 7 nitrogen and oxygen atoms in total. The van der Waals surface area contributed by atoms with Crippen LogP contribution in [0, 0.1) is 49.4 Å². The summed E-state index contributed by atoms with van der Waals surface area (Å²) in [6.07, 6.45) is 24.0. The third-order valence-corrected chi connectivity index (χ3v) is 6.65. The normalized spacial score (nSPS) is 11.2. The Hall–Kier alpha value is -1.50. The molecule has 0 heterocycles. The van der Waals surface area contributed by atoms with Crippen LogP contribution in [0.2, 0.25) is 0 Å². The number of phosphoric ester groups is 2. The van der Waals surface area contributed by atoms with E-state index in [4.69, 9.17) is 48.1 Å². The highest BCUT2D eigenvalue weighted by Gasteiger charge is 2.40. The number of rotatable bonds is 18. The molecule has 0 radical (unpaired) electrons. The molecule has 0 aromatic carbocycles. The summed E-state index contributed by atoms with van der Waals surface area (Å²) in [4.78, 5) is 0. The minimum Gasteiger partial charge on any atom is -0.287 e. The molecule has 0 saturated carbocycles. The van der Waals surface area contributed by atoms with Crippen molar-refractivity contribution < 1.29 is 31.5 Å². The van der Waals surface area contributed by atoms with Gasteiger partial charge in [0.15, 0.2) is 0 Å². The number of hydrogen-bond donors (Lipinski definition) is 0. The van der Waals surface area contributed by atoms with Gasteiger partial charge in [-0.15, -0.1) is 49.4 Å². The number of unbranched alkanes of at least 4 members (excludes halogenated alkanes) is 4. The monoisotopic (exact) mass is 442 g/mol. The van der Waals surface area contributed by atoms with Crippen LogP contribution in [0.3, 0.4) is 0 Å². The maximum absolute atomic E-state index is 13.0. The van der Waals surface area contributed by atoms with Gasteiger partial charge < -0.3 is 0 Å². The van der Waals surface area contributed by atoms with Crippen LogP contribution in [0.4, 0.5) is 0 Å². The van der Waals surface area contributed by atoms with Crippen LogP contribution in [0.25, 0.3) is 0 Å². The van der Waals surface area contributed by atoms with Crippen molar-refractivity contribution in [2.75, 3.05) is 26.4 Å². The first kappa shape index (κ1) is 27.5. The van der Waals surface area contributed by atoms with Gasteiger partial charge in [0.25, 0.3) is 0 Å². The van der Waals surface area contributed by atoms with E-state index in [0.29, 0.717) is 51.4 Å². The molecule has 0 aromatic heterocycles. The molecule has 0 aromatic rings. The average molecular weight is 442 g/mol. The summed E-state index contributed by atoms with van der Waals surface area (Å²) in [7, 11) is -8.53.